The van der Waals surface area contributed by atoms with Crippen molar-refractivity contribution < 1.29 is 19.0 Å². The fourth-order valence-electron chi connectivity index (χ4n) is 3.85. The second kappa shape index (κ2) is 7.50. The zero-order chi connectivity index (χ0) is 19.0. The van der Waals surface area contributed by atoms with Gasteiger partial charge in [0, 0.05) is 13.2 Å². The number of ether oxygens (including phenoxy) is 3. The summed E-state index contributed by atoms with van der Waals surface area (Å²) in [6.07, 6.45) is 4.41. The lowest BCUT2D eigenvalue weighted by Gasteiger charge is -2.45. The highest BCUT2D eigenvalue weighted by Gasteiger charge is 2.43. The molecule has 0 aromatic carbocycles. The average molecular weight is 397 g/mol. The zero-order valence-electron chi connectivity index (χ0n) is 15.7. The highest BCUT2D eigenvalue weighted by Crippen LogP contribution is 2.37. The van der Waals surface area contributed by atoms with Gasteiger partial charge in [-0.05, 0) is 44.7 Å². The second-order valence-electron chi connectivity index (χ2n) is 7.73. The van der Waals surface area contributed by atoms with E-state index in [0.29, 0.717) is 44.4 Å². The van der Waals surface area contributed by atoms with Crippen LogP contribution in [0.3, 0.4) is 0 Å². The molecule has 2 unspecified atom stereocenters. The van der Waals surface area contributed by atoms with Gasteiger partial charge in [-0.15, -0.1) is 0 Å². The highest BCUT2D eigenvalue weighted by atomic mass is 35.5. The van der Waals surface area contributed by atoms with Gasteiger partial charge in [0.05, 0.1) is 31.6 Å². The van der Waals surface area contributed by atoms with Crippen molar-refractivity contribution in [2.24, 2.45) is 0 Å². The van der Waals surface area contributed by atoms with Gasteiger partial charge in [0.25, 0.3) is 5.91 Å². The standard InChI is InChI=1S/C18H25ClN4O4/c1-18(2,27-14-5-3-4-7-26-14)11-23-12-9-20-17(19)21-15(12)22-6-8-25-10-13(22)16(23)24/h9,13-14H,3-8,10-11H2,1-2H3. The van der Waals surface area contributed by atoms with Crippen molar-refractivity contribution >= 4 is 29.0 Å². The molecule has 4 heterocycles. The number of fused-ring (bicyclic) bond motifs is 3. The molecule has 3 aliphatic heterocycles. The van der Waals surface area contributed by atoms with Gasteiger partial charge in [0.1, 0.15) is 11.7 Å². The maximum atomic E-state index is 13.2. The van der Waals surface area contributed by atoms with Crippen LogP contribution in [-0.2, 0) is 19.0 Å². The average Bonchev–Trinajstić information content (AvgIpc) is 2.65. The van der Waals surface area contributed by atoms with Crippen LogP contribution in [0.1, 0.15) is 33.1 Å². The topological polar surface area (TPSA) is 77.0 Å². The quantitative estimate of drug-likeness (QED) is 0.720. The maximum Gasteiger partial charge on any atom is 0.252 e. The minimum Gasteiger partial charge on any atom is -0.377 e. The van der Waals surface area contributed by atoms with Crippen molar-refractivity contribution in [3.8, 4) is 0 Å². The van der Waals surface area contributed by atoms with E-state index in [1.54, 1.807) is 11.1 Å². The number of hydrogen-bond acceptors (Lipinski definition) is 7. The third-order valence-electron chi connectivity index (χ3n) is 5.09. The van der Waals surface area contributed by atoms with Crippen molar-refractivity contribution in [1.82, 2.24) is 9.97 Å². The Balaban J connectivity index is 1.60. The Morgan fingerprint density at radius 2 is 2.22 bits per heavy atom. The summed E-state index contributed by atoms with van der Waals surface area (Å²) >= 11 is 6.03. The fraction of sp³-hybridized carbons (Fsp3) is 0.722. The lowest BCUT2D eigenvalue weighted by molar-refractivity contribution is -0.212. The normalized spacial score (nSPS) is 26.0. The van der Waals surface area contributed by atoms with E-state index in [0.717, 1.165) is 19.3 Å². The first kappa shape index (κ1) is 18.9. The number of nitrogens with zero attached hydrogens (tertiary/aromatic N) is 4. The van der Waals surface area contributed by atoms with Crippen molar-refractivity contribution in [3.05, 3.63) is 11.5 Å². The van der Waals surface area contributed by atoms with Crippen LogP contribution in [0.25, 0.3) is 0 Å². The lowest BCUT2D eigenvalue weighted by Crippen LogP contribution is -2.61. The third-order valence-corrected chi connectivity index (χ3v) is 5.27. The summed E-state index contributed by atoms with van der Waals surface area (Å²) in [5.41, 5.74) is 0.0653. The monoisotopic (exact) mass is 396 g/mol. The molecule has 1 amide bonds. The largest absolute Gasteiger partial charge is 0.377 e. The predicted octanol–water partition coefficient (Wildman–Crippen LogP) is 2.00. The Kier molecular flexibility index (Phi) is 5.24. The van der Waals surface area contributed by atoms with E-state index in [1.165, 1.54) is 0 Å². The molecule has 1 aromatic heterocycles. The number of morpholine rings is 1. The molecule has 8 nitrogen and oxygen atoms in total. The summed E-state index contributed by atoms with van der Waals surface area (Å²) in [5, 5.41) is 0.166. The Labute approximate surface area is 163 Å². The molecule has 9 heteroatoms. The summed E-state index contributed by atoms with van der Waals surface area (Å²) in [6, 6.07) is -0.404. The molecule has 0 saturated carbocycles. The van der Waals surface area contributed by atoms with Gasteiger partial charge in [-0.25, -0.2) is 4.98 Å². The van der Waals surface area contributed by atoms with E-state index in [2.05, 4.69) is 9.97 Å². The van der Waals surface area contributed by atoms with Crippen LogP contribution in [-0.4, -0.2) is 66.7 Å². The van der Waals surface area contributed by atoms with Gasteiger partial charge in [-0.2, -0.15) is 4.98 Å². The number of halogens is 1. The smallest absolute Gasteiger partial charge is 0.252 e. The minimum absolute atomic E-state index is 0.0330. The van der Waals surface area contributed by atoms with E-state index in [9.17, 15) is 4.79 Å². The van der Waals surface area contributed by atoms with E-state index in [1.807, 2.05) is 18.7 Å². The van der Waals surface area contributed by atoms with Gasteiger partial charge < -0.3 is 24.0 Å². The first-order valence-electron chi connectivity index (χ1n) is 9.42. The van der Waals surface area contributed by atoms with Crippen LogP contribution in [0.15, 0.2) is 6.20 Å². The van der Waals surface area contributed by atoms with Crippen LogP contribution in [0.2, 0.25) is 5.28 Å². The second-order valence-corrected chi connectivity index (χ2v) is 8.07. The maximum absolute atomic E-state index is 13.2. The van der Waals surface area contributed by atoms with E-state index in [4.69, 9.17) is 25.8 Å². The Morgan fingerprint density at radius 1 is 1.37 bits per heavy atom. The van der Waals surface area contributed by atoms with Gasteiger partial charge >= 0.3 is 0 Å². The number of hydrogen-bond donors (Lipinski definition) is 0. The predicted molar refractivity (Wildman–Crippen MR) is 100 cm³/mol. The molecule has 1 aromatic rings. The molecular weight excluding hydrogens is 372 g/mol. The number of anilines is 2. The number of aromatic nitrogens is 2. The Morgan fingerprint density at radius 3 is 3.00 bits per heavy atom. The van der Waals surface area contributed by atoms with Crippen LogP contribution in [0, 0.1) is 0 Å². The molecule has 0 aliphatic carbocycles. The highest BCUT2D eigenvalue weighted by molar-refractivity contribution is 6.28. The number of carbonyl (C=O) groups excluding carboxylic acids is 1. The summed E-state index contributed by atoms with van der Waals surface area (Å²) in [6.45, 7) is 6.51. The molecule has 27 heavy (non-hydrogen) atoms. The van der Waals surface area contributed by atoms with Crippen LogP contribution in [0.5, 0.6) is 0 Å². The molecule has 2 atom stereocenters. The van der Waals surface area contributed by atoms with Crippen LogP contribution >= 0.6 is 11.6 Å². The molecule has 4 rings (SSSR count). The molecule has 0 radical (unpaired) electrons. The summed E-state index contributed by atoms with van der Waals surface area (Å²) in [4.78, 5) is 25.4. The SMILES string of the molecule is CC(C)(CN1C(=O)C2COCCN2c2nc(Cl)ncc21)OC1CCCCO1. The Bertz CT molecular complexity index is 711. The molecule has 0 bridgehead atoms. The molecule has 148 valence electrons. The van der Waals surface area contributed by atoms with Gasteiger partial charge in [0.2, 0.25) is 5.28 Å². The first-order valence-corrected chi connectivity index (χ1v) is 9.80. The number of amides is 1. The van der Waals surface area contributed by atoms with Crippen LogP contribution in [0.4, 0.5) is 11.5 Å². The third kappa shape index (κ3) is 3.89. The van der Waals surface area contributed by atoms with E-state index >= 15 is 0 Å². The van der Waals surface area contributed by atoms with Gasteiger partial charge in [0.15, 0.2) is 12.1 Å². The van der Waals surface area contributed by atoms with Gasteiger partial charge in [-0.1, -0.05) is 0 Å². The van der Waals surface area contributed by atoms with Crippen molar-refractivity contribution in [2.45, 2.75) is 51.0 Å². The molecule has 0 N–H and O–H groups in total. The number of carbonyl (C=O) groups is 1. The van der Waals surface area contributed by atoms with E-state index < -0.39 is 11.6 Å². The number of rotatable bonds is 4. The molecule has 3 aliphatic rings. The summed E-state index contributed by atoms with van der Waals surface area (Å²) < 4.78 is 17.4. The fourth-order valence-corrected chi connectivity index (χ4v) is 3.98. The van der Waals surface area contributed by atoms with Crippen molar-refractivity contribution in [2.75, 3.05) is 42.7 Å². The lowest BCUT2D eigenvalue weighted by atomic mass is 10.0. The van der Waals surface area contributed by atoms with Crippen molar-refractivity contribution in [3.63, 3.8) is 0 Å². The minimum atomic E-state index is -0.591. The van der Waals surface area contributed by atoms with E-state index in [-0.39, 0.29) is 17.5 Å². The zero-order valence-corrected chi connectivity index (χ0v) is 16.4. The molecule has 0 spiro atoms. The molecular formula is C18H25ClN4O4. The van der Waals surface area contributed by atoms with Crippen LogP contribution < -0.4 is 9.80 Å². The summed E-state index contributed by atoms with van der Waals surface area (Å²) in [5.74, 6) is 0.641. The Hall–Kier alpha value is -1.48. The first-order chi connectivity index (χ1) is 12.9. The molecule has 2 saturated heterocycles. The van der Waals surface area contributed by atoms with Crippen molar-refractivity contribution in [1.29, 1.82) is 0 Å². The van der Waals surface area contributed by atoms with Gasteiger partial charge in [-0.3, -0.25) is 4.79 Å². The summed E-state index contributed by atoms with van der Waals surface area (Å²) in [7, 11) is 0. The molecule has 2 fully saturated rings.